The number of hydrogen-bond acceptors (Lipinski definition) is 3. The first-order valence-electron chi connectivity index (χ1n) is 5.24. The molecule has 0 radical (unpaired) electrons. The first kappa shape index (κ1) is 12.2. The lowest BCUT2D eigenvalue weighted by atomic mass is 10.2. The molecule has 1 N–H and O–H groups in total. The summed E-state index contributed by atoms with van der Waals surface area (Å²) in [7, 11) is 1.57. The zero-order valence-electron chi connectivity index (χ0n) is 9.56. The fourth-order valence-electron chi connectivity index (χ4n) is 1.13. The fourth-order valence-corrected chi connectivity index (χ4v) is 1.13. The quantitative estimate of drug-likeness (QED) is 0.611. The van der Waals surface area contributed by atoms with Gasteiger partial charge < -0.3 is 4.74 Å². The molecule has 0 heterocycles. The molecule has 0 saturated carbocycles. The standard InChI is InChI=1S/C12H16N2O2/c1-3-4-8-13-14-12(15)10-6-5-7-11(9-10)16-2/h5-9H,3-4H2,1-2H3,(H,14,15). The van der Waals surface area contributed by atoms with Crippen molar-refractivity contribution in [2.24, 2.45) is 5.10 Å². The Labute approximate surface area is 95.3 Å². The molecule has 1 rings (SSSR count). The van der Waals surface area contributed by atoms with E-state index < -0.39 is 0 Å². The van der Waals surface area contributed by atoms with Gasteiger partial charge in [0.25, 0.3) is 5.91 Å². The van der Waals surface area contributed by atoms with E-state index in [9.17, 15) is 4.79 Å². The van der Waals surface area contributed by atoms with Gasteiger partial charge in [-0.15, -0.1) is 0 Å². The summed E-state index contributed by atoms with van der Waals surface area (Å²) in [6, 6.07) is 6.94. The number of carbonyl (C=O) groups excluding carboxylic acids is 1. The van der Waals surface area contributed by atoms with Crippen LogP contribution in [0.2, 0.25) is 0 Å². The van der Waals surface area contributed by atoms with Gasteiger partial charge >= 0.3 is 0 Å². The number of methoxy groups -OCH3 is 1. The summed E-state index contributed by atoms with van der Waals surface area (Å²) in [6.45, 7) is 2.05. The molecule has 4 heteroatoms. The van der Waals surface area contributed by atoms with Gasteiger partial charge in [0.2, 0.25) is 0 Å². The van der Waals surface area contributed by atoms with E-state index in [-0.39, 0.29) is 5.91 Å². The molecule has 0 saturated heterocycles. The number of unbranched alkanes of at least 4 members (excludes halogenated alkanes) is 1. The Morgan fingerprint density at radius 2 is 2.38 bits per heavy atom. The molecule has 1 aromatic carbocycles. The minimum Gasteiger partial charge on any atom is -0.497 e. The van der Waals surface area contributed by atoms with Gasteiger partial charge in [0.15, 0.2) is 0 Å². The van der Waals surface area contributed by atoms with Crippen LogP contribution in [0.5, 0.6) is 5.75 Å². The average molecular weight is 220 g/mol. The number of carbonyl (C=O) groups is 1. The van der Waals surface area contributed by atoms with E-state index in [2.05, 4.69) is 17.5 Å². The first-order chi connectivity index (χ1) is 7.77. The zero-order valence-corrected chi connectivity index (χ0v) is 9.56. The maximum atomic E-state index is 11.6. The molecule has 4 nitrogen and oxygen atoms in total. The number of amides is 1. The summed E-state index contributed by atoms with van der Waals surface area (Å²) in [4.78, 5) is 11.6. The van der Waals surface area contributed by atoms with E-state index in [1.807, 2.05) is 0 Å². The Morgan fingerprint density at radius 3 is 3.06 bits per heavy atom. The van der Waals surface area contributed by atoms with Crippen LogP contribution >= 0.6 is 0 Å². The molecule has 0 spiro atoms. The minimum absolute atomic E-state index is 0.230. The van der Waals surface area contributed by atoms with E-state index in [1.165, 1.54) is 0 Å². The van der Waals surface area contributed by atoms with Crippen molar-refractivity contribution in [2.45, 2.75) is 19.8 Å². The number of rotatable bonds is 5. The second-order valence-electron chi connectivity index (χ2n) is 3.27. The van der Waals surface area contributed by atoms with Gasteiger partial charge in [-0.1, -0.05) is 19.4 Å². The van der Waals surface area contributed by atoms with Crippen LogP contribution in [0.15, 0.2) is 29.4 Å². The lowest BCUT2D eigenvalue weighted by Gasteiger charge is -2.02. The molecule has 0 aliphatic carbocycles. The molecular formula is C12H16N2O2. The van der Waals surface area contributed by atoms with Crippen LogP contribution in [0.4, 0.5) is 0 Å². The van der Waals surface area contributed by atoms with Crippen molar-refractivity contribution in [3.8, 4) is 5.75 Å². The van der Waals surface area contributed by atoms with Crippen molar-refractivity contribution in [2.75, 3.05) is 7.11 Å². The van der Waals surface area contributed by atoms with Crippen molar-refractivity contribution >= 4 is 12.1 Å². The van der Waals surface area contributed by atoms with Crippen LogP contribution in [-0.4, -0.2) is 19.2 Å². The third kappa shape index (κ3) is 3.73. The highest BCUT2D eigenvalue weighted by molar-refractivity contribution is 5.94. The van der Waals surface area contributed by atoms with Crippen molar-refractivity contribution in [1.82, 2.24) is 5.43 Å². The lowest BCUT2D eigenvalue weighted by Crippen LogP contribution is -2.17. The Hall–Kier alpha value is -1.84. The molecular weight excluding hydrogens is 204 g/mol. The third-order valence-corrected chi connectivity index (χ3v) is 2.01. The fraction of sp³-hybridized carbons (Fsp3) is 0.333. The first-order valence-corrected chi connectivity index (χ1v) is 5.24. The average Bonchev–Trinajstić information content (AvgIpc) is 2.34. The van der Waals surface area contributed by atoms with Crippen LogP contribution in [0.25, 0.3) is 0 Å². The normalized spacial score (nSPS) is 10.4. The number of ether oxygens (including phenoxy) is 1. The van der Waals surface area contributed by atoms with Gasteiger partial charge in [0.1, 0.15) is 5.75 Å². The van der Waals surface area contributed by atoms with E-state index in [0.717, 1.165) is 12.8 Å². The maximum Gasteiger partial charge on any atom is 0.271 e. The maximum absolute atomic E-state index is 11.6. The number of hydrazone groups is 1. The Morgan fingerprint density at radius 1 is 1.56 bits per heavy atom. The second-order valence-corrected chi connectivity index (χ2v) is 3.27. The van der Waals surface area contributed by atoms with Crippen molar-refractivity contribution < 1.29 is 9.53 Å². The number of hydrogen-bond donors (Lipinski definition) is 1. The van der Waals surface area contributed by atoms with Crippen LogP contribution in [0, 0.1) is 0 Å². The van der Waals surface area contributed by atoms with E-state index in [1.54, 1.807) is 37.6 Å². The summed E-state index contributed by atoms with van der Waals surface area (Å²) in [6.07, 6.45) is 3.56. The van der Waals surface area contributed by atoms with E-state index in [4.69, 9.17) is 4.74 Å². The molecule has 0 aliphatic heterocycles. The minimum atomic E-state index is -0.230. The number of nitrogens with zero attached hydrogens (tertiary/aromatic N) is 1. The summed E-state index contributed by atoms with van der Waals surface area (Å²) in [5.41, 5.74) is 3.00. The molecule has 1 aromatic rings. The molecule has 0 aromatic heterocycles. The van der Waals surface area contributed by atoms with Crippen molar-refractivity contribution in [3.05, 3.63) is 29.8 Å². The highest BCUT2D eigenvalue weighted by Crippen LogP contribution is 2.12. The molecule has 86 valence electrons. The topological polar surface area (TPSA) is 50.7 Å². The monoisotopic (exact) mass is 220 g/mol. The van der Waals surface area contributed by atoms with Crippen LogP contribution in [0.3, 0.4) is 0 Å². The Balaban J connectivity index is 2.58. The van der Waals surface area contributed by atoms with Crippen molar-refractivity contribution in [1.29, 1.82) is 0 Å². The summed E-state index contributed by atoms with van der Waals surface area (Å²) in [5.74, 6) is 0.427. The lowest BCUT2D eigenvalue weighted by molar-refractivity contribution is 0.0954. The van der Waals surface area contributed by atoms with E-state index >= 15 is 0 Å². The van der Waals surface area contributed by atoms with Gasteiger partial charge in [-0.05, 0) is 24.6 Å². The largest absolute Gasteiger partial charge is 0.497 e. The number of nitrogens with one attached hydrogen (secondary N) is 1. The molecule has 16 heavy (non-hydrogen) atoms. The second kappa shape index (κ2) is 6.61. The Bertz CT molecular complexity index is 375. The van der Waals surface area contributed by atoms with Gasteiger partial charge in [0.05, 0.1) is 7.11 Å². The van der Waals surface area contributed by atoms with Crippen LogP contribution in [-0.2, 0) is 0 Å². The molecule has 0 atom stereocenters. The molecule has 0 bridgehead atoms. The zero-order chi connectivity index (χ0) is 11.8. The SMILES string of the molecule is CCCC=NNC(=O)c1cccc(OC)c1. The van der Waals surface area contributed by atoms with Crippen LogP contribution in [0.1, 0.15) is 30.1 Å². The van der Waals surface area contributed by atoms with E-state index in [0.29, 0.717) is 11.3 Å². The highest BCUT2D eigenvalue weighted by atomic mass is 16.5. The Kier molecular flexibility index (Phi) is 5.05. The molecule has 0 fully saturated rings. The van der Waals surface area contributed by atoms with Gasteiger partial charge in [-0.2, -0.15) is 5.10 Å². The molecule has 0 unspecified atom stereocenters. The number of benzene rings is 1. The summed E-state index contributed by atoms with van der Waals surface area (Å²) < 4.78 is 5.03. The van der Waals surface area contributed by atoms with Crippen LogP contribution < -0.4 is 10.2 Å². The van der Waals surface area contributed by atoms with Gasteiger partial charge in [0, 0.05) is 11.8 Å². The van der Waals surface area contributed by atoms with Gasteiger partial charge in [-0.25, -0.2) is 5.43 Å². The summed E-state index contributed by atoms with van der Waals surface area (Å²) in [5, 5.41) is 3.83. The molecule has 0 aliphatic rings. The third-order valence-electron chi connectivity index (χ3n) is 2.01. The molecule has 1 amide bonds. The smallest absolute Gasteiger partial charge is 0.271 e. The highest BCUT2D eigenvalue weighted by Gasteiger charge is 2.04. The van der Waals surface area contributed by atoms with Gasteiger partial charge in [-0.3, -0.25) is 4.79 Å². The predicted octanol–water partition coefficient (Wildman–Crippen LogP) is 2.21. The summed E-state index contributed by atoms with van der Waals surface area (Å²) >= 11 is 0. The van der Waals surface area contributed by atoms with Crippen molar-refractivity contribution in [3.63, 3.8) is 0 Å². The predicted molar refractivity (Wildman–Crippen MR) is 63.9 cm³/mol.